The smallest absolute Gasteiger partial charge is 0.231 e. The van der Waals surface area contributed by atoms with E-state index in [4.69, 9.17) is 45.8 Å². The molecule has 4 aliphatic rings. The van der Waals surface area contributed by atoms with Crippen LogP contribution in [0.25, 0.3) is 0 Å². The van der Waals surface area contributed by atoms with Crippen LogP contribution < -0.4 is 49.3 Å². The fourth-order valence-electron chi connectivity index (χ4n) is 6.60. The van der Waals surface area contributed by atoms with Gasteiger partial charge in [-0.25, -0.2) is 0 Å². The molecule has 14 nitrogen and oxygen atoms in total. The number of nitrogens with two attached hydrogens (primary N) is 1. The van der Waals surface area contributed by atoms with Crippen molar-refractivity contribution in [1.82, 2.24) is 5.32 Å². The summed E-state index contributed by atoms with van der Waals surface area (Å²) >= 11 is 4.82. The van der Waals surface area contributed by atoms with Gasteiger partial charge in [0.2, 0.25) is 36.5 Å². The normalized spacial score (nSPS) is 16.2. The summed E-state index contributed by atoms with van der Waals surface area (Å²) in [5.41, 5.74) is 12.2. The molecule has 59 heavy (non-hydrogen) atoms. The minimum atomic E-state index is -0.401. The third-order valence-electron chi connectivity index (χ3n) is 9.72. The third-order valence-corrected chi connectivity index (χ3v) is 9.99. The van der Waals surface area contributed by atoms with Crippen LogP contribution in [0, 0.1) is 22.7 Å². The number of hydrogen-bond donors (Lipinski definition) is 2. The van der Waals surface area contributed by atoms with Gasteiger partial charge in [0.1, 0.15) is 34.8 Å². The zero-order chi connectivity index (χ0) is 42.4. The summed E-state index contributed by atoms with van der Waals surface area (Å²) < 4.78 is 33.5. The molecule has 3 N–H and O–H groups in total. The fraction of sp³-hybridized carbons (Fsp3) is 0.273. The van der Waals surface area contributed by atoms with Gasteiger partial charge in [0.05, 0.1) is 11.8 Å². The zero-order valence-electron chi connectivity index (χ0n) is 33.4. The molecule has 0 aromatic heterocycles. The lowest BCUT2D eigenvalue weighted by molar-refractivity contribution is -0.120. The first-order valence-electron chi connectivity index (χ1n) is 18.7. The first kappa shape index (κ1) is 41.6. The largest absolute Gasteiger partial charge is 0.454 e. The Balaban J connectivity index is 0.000000180. The van der Waals surface area contributed by atoms with Crippen LogP contribution in [0.2, 0.25) is 0 Å². The van der Waals surface area contributed by atoms with Crippen molar-refractivity contribution in [3.05, 3.63) is 118 Å². The average molecular weight is 819 g/mol. The van der Waals surface area contributed by atoms with Gasteiger partial charge in [-0.2, -0.15) is 10.5 Å². The van der Waals surface area contributed by atoms with E-state index >= 15 is 0 Å². The van der Waals surface area contributed by atoms with Gasteiger partial charge in [-0.15, -0.1) is 0 Å². The van der Waals surface area contributed by atoms with Crippen LogP contribution in [-0.4, -0.2) is 52.9 Å². The summed E-state index contributed by atoms with van der Waals surface area (Å²) in [6.07, 6.45) is 0.715. The van der Waals surface area contributed by atoms with Gasteiger partial charge in [0, 0.05) is 75.7 Å². The highest BCUT2D eigenvalue weighted by Crippen LogP contribution is 2.47. The van der Waals surface area contributed by atoms with Gasteiger partial charge < -0.3 is 44.0 Å². The Bertz CT molecular complexity index is 2430. The van der Waals surface area contributed by atoms with Gasteiger partial charge >= 0.3 is 0 Å². The van der Waals surface area contributed by atoms with Gasteiger partial charge in [-0.3, -0.25) is 14.9 Å². The number of ether oxygens (including phenoxy) is 6. The highest BCUT2D eigenvalue weighted by atomic mass is 35.5. The van der Waals surface area contributed by atoms with Crippen molar-refractivity contribution in [3.8, 4) is 46.6 Å². The molecule has 304 valence electrons. The second-order valence-corrected chi connectivity index (χ2v) is 14.3. The van der Waals surface area contributed by atoms with E-state index in [9.17, 15) is 20.1 Å². The number of rotatable bonds is 7. The molecule has 8 rings (SSSR count). The Morgan fingerprint density at radius 3 is 1.58 bits per heavy atom. The molecule has 2 atom stereocenters. The second-order valence-electron chi connectivity index (χ2n) is 13.9. The number of carbonyl (C=O) groups is 2. The number of halogens is 1. The van der Waals surface area contributed by atoms with E-state index in [1.807, 2.05) is 111 Å². The lowest BCUT2D eigenvalue weighted by Crippen LogP contribution is -2.30. The molecule has 0 aliphatic carbocycles. The van der Waals surface area contributed by atoms with Gasteiger partial charge in [0.25, 0.3) is 0 Å². The predicted octanol–water partition coefficient (Wildman–Crippen LogP) is 7.13. The van der Waals surface area contributed by atoms with Crippen molar-refractivity contribution < 1.29 is 38.0 Å². The van der Waals surface area contributed by atoms with E-state index in [1.165, 1.54) is 0 Å². The van der Waals surface area contributed by atoms with Crippen LogP contribution in [0.15, 0.2) is 95.7 Å². The van der Waals surface area contributed by atoms with Crippen molar-refractivity contribution in [2.24, 2.45) is 5.73 Å². The molecule has 0 bridgehead atoms. The maximum atomic E-state index is 12.0. The number of fused-ring (bicyclic) bond motifs is 4. The number of nitriles is 2. The Kier molecular flexibility index (Phi) is 12.7. The number of benzene rings is 4. The molecule has 0 fully saturated rings. The van der Waals surface area contributed by atoms with Crippen LogP contribution in [0.3, 0.4) is 0 Å². The topological polar surface area (TPSA) is 182 Å². The van der Waals surface area contributed by atoms with Gasteiger partial charge in [-0.1, -0.05) is 38.1 Å². The van der Waals surface area contributed by atoms with E-state index < -0.39 is 5.92 Å². The summed E-state index contributed by atoms with van der Waals surface area (Å²) in [5, 5.41) is 22.0. The van der Waals surface area contributed by atoms with E-state index in [1.54, 1.807) is 13.8 Å². The van der Waals surface area contributed by atoms with Crippen LogP contribution >= 0.6 is 11.6 Å². The Labute approximate surface area is 347 Å². The van der Waals surface area contributed by atoms with Crippen molar-refractivity contribution in [2.75, 3.05) is 51.6 Å². The number of nitrogens with one attached hydrogen (secondary N) is 1. The number of anilines is 2. The Hall–Kier alpha value is -7.03. The molecule has 2 unspecified atom stereocenters. The first-order chi connectivity index (χ1) is 28.4. The number of carbonyl (C=O) groups excluding carboxylic acids is 2. The second kappa shape index (κ2) is 18.1. The number of nitrogens with zero attached hydrogens (tertiary/aromatic N) is 4. The Morgan fingerprint density at radius 1 is 0.678 bits per heavy atom. The van der Waals surface area contributed by atoms with Gasteiger partial charge in [0.15, 0.2) is 23.0 Å². The highest BCUT2D eigenvalue weighted by Gasteiger charge is 2.34. The minimum absolute atomic E-state index is 0.133. The summed E-state index contributed by atoms with van der Waals surface area (Å²) in [4.78, 5) is 25.6. The third kappa shape index (κ3) is 8.93. The molecule has 4 aliphatic heterocycles. The standard InChI is InChI=1S/C22H21N3O4.C19H17N3O3.C3H5ClO/c1-4-20(26)24-22-16(11-23)21(13-5-8-17-19(9-13)28-12-27-17)15-7-6-14(25(2)3)10-18(15)29-22;1-22(2)12-4-5-13-16(8-12)25-19(21)14(9-20)18(13)11-3-6-15-17(7-11)24-10-23-15;1-2-3(4)5/h5-10,21H,4,12H2,1-3H3,(H,24,26);3-8,18H,10,21H2,1-2H3;2H2,1H3. The van der Waals surface area contributed by atoms with Crippen LogP contribution in [0.1, 0.15) is 60.8 Å². The lowest BCUT2D eigenvalue weighted by atomic mass is 9.83. The SMILES string of the molecule is CCC(=O)Cl.CCC(=O)NC1=C(C#N)C(c2ccc3c(c2)OCO3)c2ccc(N(C)C)cc2O1.CN(C)c1ccc2c(c1)OC(N)=C(C#N)C2c1ccc2c(c1)OCO2. The van der Waals surface area contributed by atoms with E-state index in [-0.39, 0.29) is 48.8 Å². The highest BCUT2D eigenvalue weighted by molar-refractivity contribution is 6.63. The fourth-order valence-corrected chi connectivity index (χ4v) is 6.60. The molecule has 0 radical (unpaired) electrons. The molecular weight excluding hydrogens is 776 g/mol. The lowest BCUT2D eigenvalue weighted by Gasteiger charge is -2.29. The van der Waals surface area contributed by atoms with E-state index in [0.717, 1.165) is 33.6 Å². The predicted molar refractivity (Wildman–Crippen MR) is 221 cm³/mol. The zero-order valence-corrected chi connectivity index (χ0v) is 34.2. The monoisotopic (exact) mass is 818 g/mol. The van der Waals surface area contributed by atoms with Crippen LogP contribution in [-0.2, 0) is 9.59 Å². The molecule has 0 saturated carbocycles. The van der Waals surface area contributed by atoms with E-state index in [0.29, 0.717) is 52.1 Å². The van der Waals surface area contributed by atoms with Gasteiger partial charge in [-0.05, 0) is 59.1 Å². The molecular formula is C44H43ClN6O8. The molecule has 0 saturated heterocycles. The first-order valence-corrected chi connectivity index (χ1v) is 19.0. The van der Waals surface area contributed by atoms with Crippen molar-refractivity contribution >= 4 is 34.1 Å². The molecule has 4 aromatic carbocycles. The van der Waals surface area contributed by atoms with Crippen molar-refractivity contribution in [2.45, 2.75) is 38.5 Å². The number of hydrogen-bond acceptors (Lipinski definition) is 13. The maximum absolute atomic E-state index is 12.0. The maximum Gasteiger partial charge on any atom is 0.231 e. The van der Waals surface area contributed by atoms with E-state index in [2.05, 4.69) is 17.5 Å². The summed E-state index contributed by atoms with van der Waals surface area (Å²) in [6.45, 7) is 3.85. The van der Waals surface area contributed by atoms with Crippen molar-refractivity contribution in [3.63, 3.8) is 0 Å². The minimum Gasteiger partial charge on any atom is -0.454 e. The quantitative estimate of drug-likeness (QED) is 0.180. The number of allylic oxidation sites excluding steroid dienone is 2. The average Bonchev–Trinajstić information content (AvgIpc) is 3.92. The van der Waals surface area contributed by atoms with Crippen LogP contribution in [0.4, 0.5) is 11.4 Å². The van der Waals surface area contributed by atoms with Crippen LogP contribution in [0.5, 0.6) is 34.5 Å². The number of amides is 1. The summed E-state index contributed by atoms with van der Waals surface area (Å²) in [7, 11) is 7.80. The molecule has 1 amide bonds. The molecule has 4 aromatic rings. The summed E-state index contributed by atoms with van der Waals surface area (Å²) in [5.74, 6) is 3.32. The summed E-state index contributed by atoms with van der Waals surface area (Å²) in [6, 6.07) is 27.5. The Morgan fingerprint density at radius 2 is 1.14 bits per heavy atom. The molecule has 15 heteroatoms. The molecule has 0 spiro atoms. The molecule has 4 heterocycles. The van der Waals surface area contributed by atoms with Crippen molar-refractivity contribution in [1.29, 1.82) is 10.5 Å².